The Kier molecular flexibility index (Phi) is 5.21. The predicted molar refractivity (Wildman–Crippen MR) is 102 cm³/mol. The van der Waals surface area contributed by atoms with Crippen molar-refractivity contribution >= 4 is 22.9 Å². The van der Waals surface area contributed by atoms with Crippen molar-refractivity contribution in [2.24, 2.45) is 0 Å². The molecule has 7 heteroatoms. The Balaban J connectivity index is 1.67. The van der Waals surface area contributed by atoms with Gasteiger partial charge in [-0.3, -0.25) is 14.5 Å². The van der Waals surface area contributed by atoms with E-state index >= 15 is 0 Å². The van der Waals surface area contributed by atoms with Gasteiger partial charge in [0.2, 0.25) is 5.91 Å². The molecule has 1 aliphatic heterocycles. The van der Waals surface area contributed by atoms with Crippen molar-refractivity contribution in [3.8, 4) is 0 Å². The van der Waals surface area contributed by atoms with Crippen LogP contribution in [0.25, 0.3) is 10.9 Å². The maximum atomic E-state index is 12.6. The summed E-state index contributed by atoms with van der Waals surface area (Å²) in [5.74, 6) is -0.272. The fourth-order valence-electron chi connectivity index (χ4n) is 3.20. The summed E-state index contributed by atoms with van der Waals surface area (Å²) < 4.78 is 5.38. The molecule has 1 unspecified atom stereocenters. The van der Waals surface area contributed by atoms with E-state index in [2.05, 4.69) is 10.3 Å². The van der Waals surface area contributed by atoms with Crippen molar-refractivity contribution in [3.05, 3.63) is 46.2 Å². The molecule has 3 rings (SSSR count). The zero-order valence-corrected chi connectivity index (χ0v) is 15.9. The van der Waals surface area contributed by atoms with E-state index in [0.29, 0.717) is 18.5 Å². The van der Waals surface area contributed by atoms with Crippen LogP contribution in [0.15, 0.2) is 35.1 Å². The molecule has 27 heavy (non-hydrogen) atoms. The van der Waals surface area contributed by atoms with Crippen molar-refractivity contribution in [3.63, 3.8) is 0 Å². The topological polar surface area (TPSA) is 91.5 Å². The number of carbonyl (C=O) groups is 2. The van der Waals surface area contributed by atoms with E-state index < -0.39 is 17.7 Å². The first-order chi connectivity index (χ1) is 12.7. The molecule has 0 radical (unpaired) electrons. The van der Waals surface area contributed by atoms with Gasteiger partial charge in [0.25, 0.3) is 5.56 Å². The Hall–Kier alpha value is -2.83. The summed E-state index contributed by atoms with van der Waals surface area (Å²) in [6.07, 6.45) is 0.844. The molecule has 1 aromatic carbocycles. The van der Waals surface area contributed by atoms with Gasteiger partial charge in [-0.2, -0.15) is 0 Å². The molecule has 2 heterocycles. The van der Waals surface area contributed by atoms with Gasteiger partial charge in [0.15, 0.2) is 0 Å². The quantitative estimate of drug-likeness (QED) is 0.867. The highest BCUT2D eigenvalue weighted by Gasteiger charge is 2.36. The van der Waals surface area contributed by atoms with E-state index in [-0.39, 0.29) is 18.0 Å². The molecule has 2 amide bonds. The third-order valence-corrected chi connectivity index (χ3v) is 4.47. The van der Waals surface area contributed by atoms with Gasteiger partial charge in [-0.05, 0) is 51.1 Å². The van der Waals surface area contributed by atoms with E-state index in [9.17, 15) is 14.4 Å². The second-order valence-corrected chi connectivity index (χ2v) is 7.76. The lowest BCUT2D eigenvalue weighted by atomic mass is 10.1. The third-order valence-electron chi connectivity index (χ3n) is 4.47. The lowest BCUT2D eigenvalue weighted by Gasteiger charge is -2.28. The summed E-state index contributed by atoms with van der Waals surface area (Å²) in [5, 5.41) is 3.69. The number of aromatic nitrogens is 1. The second-order valence-electron chi connectivity index (χ2n) is 7.76. The van der Waals surface area contributed by atoms with E-state index in [1.165, 1.54) is 4.90 Å². The van der Waals surface area contributed by atoms with E-state index in [1.807, 2.05) is 24.3 Å². The maximum absolute atomic E-state index is 12.6. The number of nitrogens with zero attached hydrogens (tertiary/aromatic N) is 1. The molecule has 2 aromatic rings. The number of likely N-dealkylation sites (tertiary alicyclic amines) is 1. The number of rotatable bonds is 3. The number of hydrogen-bond donors (Lipinski definition) is 2. The van der Waals surface area contributed by atoms with Crippen LogP contribution >= 0.6 is 0 Å². The zero-order valence-electron chi connectivity index (χ0n) is 15.9. The van der Waals surface area contributed by atoms with Crippen LogP contribution in [0.2, 0.25) is 0 Å². The number of nitrogens with one attached hydrogen (secondary N) is 2. The average Bonchev–Trinajstić information content (AvgIpc) is 3.08. The molecule has 144 valence electrons. The first-order valence-electron chi connectivity index (χ1n) is 9.13. The zero-order chi connectivity index (χ0) is 19.6. The Morgan fingerprint density at radius 2 is 2.04 bits per heavy atom. The predicted octanol–water partition coefficient (Wildman–Crippen LogP) is 2.54. The van der Waals surface area contributed by atoms with Crippen LogP contribution in [-0.4, -0.2) is 40.1 Å². The molecule has 2 N–H and O–H groups in total. The van der Waals surface area contributed by atoms with Gasteiger partial charge in [-0.25, -0.2) is 4.79 Å². The molecule has 0 bridgehead atoms. The molecule has 1 aliphatic rings. The molecule has 7 nitrogen and oxygen atoms in total. The van der Waals surface area contributed by atoms with Gasteiger partial charge in [-0.1, -0.05) is 18.2 Å². The van der Waals surface area contributed by atoms with Crippen LogP contribution in [0.5, 0.6) is 0 Å². The van der Waals surface area contributed by atoms with E-state index in [0.717, 1.165) is 17.3 Å². The number of aromatic amines is 1. The van der Waals surface area contributed by atoms with E-state index in [4.69, 9.17) is 4.74 Å². The summed E-state index contributed by atoms with van der Waals surface area (Å²) in [6, 6.07) is 8.67. The number of H-pyrrole nitrogens is 1. The number of ether oxygens (including phenoxy) is 1. The van der Waals surface area contributed by atoms with Crippen molar-refractivity contribution < 1.29 is 14.3 Å². The fraction of sp³-hybridized carbons (Fsp3) is 0.450. The van der Waals surface area contributed by atoms with Crippen LogP contribution in [0.1, 0.15) is 39.2 Å². The lowest BCUT2D eigenvalue weighted by Crippen LogP contribution is -2.47. The summed E-state index contributed by atoms with van der Waals surface area (Å²) in [5.41, 5.74) is 0.386. The van der Waals surface area contributed by atoms with Crippen LogP contribution in [0, 0.1) is 0 Å². The fourth-order valence-corrected chi connectivity index (χ4v) is 3.20. The number of carbonyl (C=O) groups excluding carboxylic acids is 2. The molecular weight excluding hydrogens is 346 g/mol. The molecule has 1 fully saturated rings. The van der Waals surface area contributed by atoms with Gasteiger partial charge < -0.3 is 15.0 Å². The second kappa shape index (κ2) is 7.42. The first-order valence-corrected chi connectivity index (χ1v) is 9.13. The molecular formula is C20H25N3O4. The Labute approximate surface area is 157 Å². The minimum absolute atomic E-state index is 0.109. The molecule has 0 saturated carbocycles. The Morgan fingerprint density at radius 1 is 1.30 bits per heavy atom. The number of amides is 2. The summed E-state index contributed by atoms with van der Waals surface area (Å²) in [4.78, 5) is 41.4. The van der Waals surface area contributed by atoms with Gasteiger partial charge >= 0.3 is 6.09 Å². The smallest absolute Gasteiger partial charge is 0.410 e. The minimum atomic E-state index is -0.612. The first kappa shape index (κ1) is 18.9. The minimum Gasteiger partial charge on any atom is -0.444 e. The van der Waals surface area contributed by atoms with Crippen molar-refractivity contribution in [2.45, 2.75) is 51.8 Å². The average molecular weight is 371 g/mol. The van der Waals surface area contributed by atoms with Gasteiger partial charge in [0, 0.05) is 24.2 Å². The SMILES string of the molecule is CC(C)(C)OC(=O)N1CCCC1C(=O)NCc1cc2ccccc2[nH]c1=O. The van der Waals surface area contributed by atoms with Gasteiger partial charge in [0.05, 0.1) is 0 Å². The number of fused-ring (bicyclic) bond motifs is 1. The highest BCUT2D eigenvalue weighted by atomic mass is 16.6. The summed E-state index contributed by atoms with van der Waals surface area (Å²) in [6.45, 7) is 5.98. The van der Waals surface area contributed by atoms with Crippen molar-refractivity contribution in [2.75, 3.05) is 6.54 Å². The highest BCUT2D eigenvalue weighted by molar-refractivity contribution is 5.86. The number of para-hydroxylation sites is 1. The molecule has 0 spiro atoms. The highest BCUT2D eigenvalue weighted by Crippen LogP contribution is 2.21. The Bertz CT molecular complexity index is 913. The molecule has 0 aliphatic carbocycles. The van der Waals surface area contributed by atoms with Crippen molar-refractivity contribution in [1.82, 2.24) is 15.2 Å². The van der Waals surface area contributed by atoms with E-state index in [1.54, 1.807) is 26.8 Å². The van der Waals surface area contributed by atoms with Crippen LogP contribution in [0.4, 0.5) is 4.79 Å². The molecule has 1 aromatic heterocycles. The number of benzene rings is 1. The van der Waals surface area contributed by atoms with Crippen LogP contribution in [-0.2, 0) is 16.1 Å². The Morgan fingerprint density at radius 3 is 2.78 bits per heavy atom. The number of hydrogen-bond acceptors (Lipinski definition) is 4. The largest absolute Gasteiger partial charge is 0.444 e. The van der Waals surface area contributed by atoms with Crippen LogP contribution < -0.4 is 10.9 Å². The van der Waals surface area contributed by atoms with Crippen molar-refractivity contribution in [1.29, 1.82) is 0 Å². The molecule has 1 atom stereocenters. The summed E-state index contributed by atoms with van der Waals surface area (Å²) in [7, 11) is 0. The normalized spacial score (nSPS) is 17.1. The monoisotopic (exact) mass is 371 g/mol. The standard InChI is InChI=1S/C20H25N3O4/c1-20(2,3)27-19(26)23-10-6-9-16(23)18(25)21-12-14-11-13-7-4-5-8-15(13)22-17(14)24/h4-5,7-8,11,16H,6,9-10,12H2,1-3H3,(H,21,25)(H,22,24). The summed E-state index contributed by atoms with van der Waals surface area (Å²) >= 11 is 0. The van der Waals surface area contributed by atoms with Gasteiger partial charge in [-0.15, -0.1) is 0 Å². The number of pyridine rings is 1. The van der Waals surface area contributed by atoms with Crippen LogP contribution in [0.3, 0.4) is 0 Å². The lowest BCUT2D eigenvalue weighted by molar-refractivity contribution is -0.125. The maximum Gasteiger partial charge on any atom is 0.410 e. The third kappa shape index (κ3) is 4.48. The van der Waals surface area contributed by atoms with Gasteiger partial charge in [0.1, 0.15) is 11.6 Å². The molecule has 1 saturated heterocycles.